The summed E-state index contributed by atoms with van der Waals surface area (Å²) >= 11 is 0. The number of hydrogen-bond donors (Lipinski definition) is 1. The van der Waals surface area contributed by atoms with Crippen LogP contribution in [-0.4, -0.2) is 10.7 Å². The summed E-state index contributed by atoms with van der Waals surface area (Å²) in [6.07, 6.45) is 7.83. The molecule has 1 saturated carbocycles. The first-order chi connectivity index (χ1) is 7.32. The van der Waals surface area contributed by atoms with Crippen LogP contribution in [0.15, 0.2) is 11.6 Å². The molecule has 0 amide bonds. The van der Waals surface area contributed by atoms with Crippen molar-refractivity contribution in [2.45, 2.75) is 65.4 Å². The van der Waals surface area contributed by atoms with Crippen LogP contribution in [0, 0.1) is 17.3 Å². The minimum Gasteiger partial charge on any atom is -0.390 e. The van der Waals surface area contributed by atoms with Gasteiger partial charge in [-0.25, -0.2) is 0 Å². The largest absolute Gasteiger partial charge is 0.390 e. The zero-order chi connectivity index (χ0) is 12.0. The second-order valence-corrected chi connectivity index (χ2v) is 6.93. The van der Waals surface area contributed by atoms with E-state index >= 15 is 0 Å². The van der Waals surface area contributed by atoms with E-state index in [9.17, 15) is 5.11 Å². The molecule has 0 saturated heterocycles. The predicted octanol–water partition coefficient (Wildman–Crippen LogP) is 3.92. The Kier molecular flexibility index (Phi) is 2.94. The fourth-order valence-electron chi connectivity index (χ4n) is 3.67. The Morgan fingerprint density at radius 3 is 2.56 bits per heavy atom. The van der Waals surface area contributed by atoms with E-state index in [4.69, 9.17) is 0 Å². The maximum Gasteiger partial charge on any atom is 0.0622 e. The quantitative estimate of drug-likeness (QED) is 0.616. The van der Waals surface area contributed by atoms with Gasteiger partial charge in [-0.15, -0.1) is 0 Å². The molecule has 2 rings (SSSR count). The van der Waals surface area contributed by atoms with Crippen LogP contribution in [0.2, 0.25) is 0 Å². The lowest BCUT2D eigenvalue weighted by Crippen LogP contribution is -2.45. The number of fused-ring (bicyclic) bond motifs is 1. The molecule has 92 valence electrons. The number of allylic oxidation sites excluding steroid dienone is 2. The van der Waals surface area contributed by atoms with E-state index < -0.39 is 5.60 Å². The number of rotatable bonds is 0. The van der Waals surface area contributed by atoms with E-state index in [1.54, 1.807) is 5.57 Å². The van der Waals surface area contributed by atoms with E-state index in [-0.39, 0.29) is 0 Å². The third-order valence-corrected chi connectivity index (χ3v) is 4.96. The van der Waals surface area contributed by atoms with Crippen LogP contribution in [-0.2, 0) is 0 Å². The van der Waals surface area contributed by atoms with Gasteiger partial charge >= 0.3 is 0 Å². The van der Waals surface area contributed by atoms with Gasteiger partial charge in [0, 0.05) is 0 Å². The molecule has 0 aliphatic heterocycles. The Balaban J connectivity index is 2.15. The molecule has 2 aliphatic carbocycles. The third kappa shape index (κ3) is 2.20. The molecule has 1 N–H and O–H groups in total. The molecule has 1 heteroatoms. The summed E-state index contributed by atoms with van der Waals surface area (Å²) < 4.78 is 0. The van der Waals surface area contributed by atoms with Crippen molar-refractivity contribution in [3.05, 3.63) is 11.6 Å². The molecule has 0 aromatic rings. The summed E-state index contributed by atoms with van der Waals surface area (Å²) in [4.78, 5) is 0. The van der Waals surface area contributed by atoms with E-state index in [1.807, 2.05) is 6.92 Å². The van der Waals surface area contributed by atoms with Crippen molar-refractivity contribution in [3.63, 3.8) is 0 Å². The van der Waals surface area contributed by atoms with Crippen molar-refractivity contribution in [1.29, 1.82) is 0 Å². The van der Waals surface area contributed by atoms with Crippen molar-refractivity contribution in [2.24, 2.45) is 17.3 Å². The van der Waals surface area contributed by atoms with Gasteiger partial charge in [-0.05, 0) is 63.2 Å². The van der Waals surface area contributed by atoms with Crippen LogP contribution in [0.4, 0.5) is 0 Å². The first-order valence-electron chi connectivity index (χ1n) is 6.71. The molecule has 1 fully saturated rings. The van der Waals surface area contributed by atoms with Gasteiger partial charge in [0.25, 0.3) is 0 Å². The van der Waals surface area contributed by atoms with Gasteiger partial charge in [-0.2, -0.15) is 0 Å². The molecule has 3 unspecified atom stereocenters. The Bertz CT molecular complexity index is 297. The summed E-state index contributed by atoms with van der Waals surface area (Å²) in [5.74, 6) is 1.58. The monoisotopic (exact) mass is 222 g/mol. The number of aliphatic hydroxyl groups is 1. The van der Waals surface area contributed by atoms with Crippen LogP contribution in [0.3, 0.4) is 0 Å². The fourth-order valence-corrected chi connectivity index (χ4v) is 3.67. The van der Waals surface area contributed by atoms with Crippen LogP contribution in [0.5, 0.6) is 0 Å². The zero-order valence-corrected chi connectivity index (χ0v) is 11.2. The highest BCUT2D eigenvalue weighted by atomic mass is 16.3. The highest BCUT2D eigenvalue weighted by Gasteiger charge is 2.47. The lowest BCUT2D eigenvalue weighted by molar-refractivity contribution is -0.0233. The Morgan fingerprint density at radius 2 is 1.94 bits per heavy atom. The molecule has 0 aromatic heterocycles. The Hall–Kier alpha value is -0.300. The van der Waals surface area contributed by atoms with Gasteiger partial charge in [0.2, 0.25) is 0 Å². The van der Waals surface area contributed by atoms with Crippen molar-refractivity contribution in [2.75, 3.05) is 0 Å². The topological polar surface area (TPSA) is 20.2 Å². The van der Waals surface area contributed by atoms with E-state index in [0.29, 0.717) is 5.41 Å². The summed E-state index contributed by atoms with van der Waals surface area (Å²) in [5, 5.41) is 10.3. The summed E-state index contributed by atoms with van der Waals surface area (Å²) in [5.41, 5.74) is 1.61. The highest BCUT2D eigenvalue weighted by molar-refractivity contribution is 5.15. The Morgan fingerprint density at radius 1 is 1.25 bits per heavy atom. The SMILES string of the molecule is C/C1=C\CCC(C)(O)CCC2C1CC2(C)C. The van der Waals surface area contributed by atoms with Crippen molar-refractivity contribution >= 4 is 0 Å². The minimum absolute atomic E-state index is 0.447. The summed E-state index contributed by atoms with van der Waals surface area (Å²) in [7, 11) is 0. The van der Waals surface area contributed by atoms with Gasteiger partial charge < -0.3 is 5.11 Å². The van der Waals surface area contributed by atoms with Crippen molar-refractivity contribution in [3.8, 4) is 0 Å². The van der Waals surface area contributed by atoms with Crippen LogP contribution in [0.1, 0.15) is 59.8 Å². The van der Waals surface area contributed by atoms with Crippen LogP contribution < -0.4 is 0 Å². The maximum absolute atomic E-state index is 10.3. The van der Waals surface area contributed by atoms with Gasteiger partial charge in [0.15, 0.2) is 0 Å². The molecule has 1 nitrogen and oxygen atoms in total. The lowest BCUT2D eigenvalue weighted by Gasteiger charge is -2.53. The zero-order valence-electron chi connectivity index (χ0n) is 11.2. The van der Waals surface area contributed by atoms with Gasteiger partial charge in [0.1, 0.15) is 0 Å². The minimum atomic E-state index is -0.447. The Labute approximate surface area is 99.9 Å². The molecule has 3 atom stereocenters. The molecule has 0 spiro atoms. The van der Waals surface area contributed by atoms with Crippen molar-refractivity contribution in [1.82, 2.24) is 0 Å². The average molecular weight is 222 g/mol. The maximum atomic E-state index is 10.3. The molecule has 2 aliphatic rings. The third-order valence-electron chi connectivity index (χ3n) is 4.96. The molecule has 0 heterocycles. The normalized spacial score (nSPS) is 46.4. The first-order valence-corrected chi connectivity index (χ1v) is 6.71. The first kappa shape index (κ1) is 12.2. The highest BCUT2D eigenvalue weighted by Crippen LogP contribution is 2.56. The second-order valence-electron chi connectivity index (χ2n) is 6.93. The van der Waals surface area contributed by atoms with Gasteiger partial charge in [-0.3, -0.25) is 0 Å². The smallest absolute Gasteiger partial charge is 0.0622 e. The second kappa shape index (κ2) is 3.87. The molecule has 0 aromatic carbocycles. The molecular formula is C15H26O. The standard InChI is InChI=1S/C15H26O/c1-11-6-5-8-15(4,16)9-7-13-12(11)10-14(13,2)3/h6,12-13,16H,5,7-10H2,1-4H3/b11-6+. The van der Waals surface area contributed by atoms with E-state index in [0.717, 1.165) is 31.1 Å². The summed E-state index contributed by atoms with van der Waals surface area (Å²) in [6.45, 7) is 9.05. The van der Waals surface area contributed by atoms with E-state index in [1.165, 1.54) is 12.8 Å². The molecule has 0 bridgehead atoms. The van der Waals surface area contributed by atoms with Crippen LogP contribution in [0.25, 0.3) is 0 Å². The van der Waals surface area contributed by atoms with Crippen molar-refractivity contribution < 1.29 is 5.11 Å². The van der Waals surface area contributed by atoms with E-state index in [2.05, 4.69) is 26.8 Å². The summed E-state index contributed by atoms with van der Waals surface area (Å²) in [6, 6.07) is 0. The molecular weight excluding hydrogens is 196 g/mol. The molecule has 0 radical (unpaired) electrons. The number of hydrogen-bond acceptors (Lipinski definition) is 1. The van der Waals surface area contributed by atoms with Gasteiger partial charge in [0.05, 0.1) is 5.60 Å². The van der Waals surface area contributed by atoms with Gasteiger partial charge in [-0.1, -0.05) is 25.5 Å². The average Bonchev–Trinajstić information content (AvgIpc) is 2.16. The predicted molar refractivity (Wildman–Crippen MR) is 68.2 cm³/mol. The fraction of sp³-hybridized carbons (Fsp3) is 0.867. The molecule has 16 heavy (non-hydrogen) atoms. The van der Waals surface area contributed by atoms with Crippen LogP contribution >= 0.6 is 0 Å². The lowest BCUT2D eigenvalue weighted by atomic mass is 9.52.